The molecular formula is C20H36. The first-order valence-corrected chi connectivity index (χ1v) is 8.77. The third kappa shape index (κ3) is 9.18. The molecule has 0 aliphatic rings. The minimum atomic E-state index is 1.17. The van der Waals surface area contributed by atoms with Crippen LogP contribution in [0, 0.1) is 6.92 Å². The van der Waals surface area contributed by atoms with Crippen LogP contribution in [0.2, 0.25) is 0 Å². The van der Waals surface area contributed by atoms with Gasteiger partial charge in [0, 0.05) is 0 Å². The van der Waals surface area contributed by atoms with E-state index in [0.717, 1.165) is 0 Å². The van der Waals surface area contributed by atoms with Crippen LogP contribution in [0.1, 0.15) is 89.3 Å². The molecular weight excluding hydrogens is 240 g/mol. The number of unbranched alkanes of at least 4 members (excludes halogenated alkanes) is 5. The lowest BCUT2D eigenvalue weighted by atomic mass is 9.98. The van der Waals surface area contributed by atoms with Gasteiger partial charge in [0.1, 0.15) is 0 Å². The maximum Gasteiger partial charge on any atom is -0.0276 e. The van der Waals surface area contributed by atoms with Gasteiger partial charge in [-0.15, -0.1) is 0 Å². The second-order valence-electron chi connectivity index (χ2n) is 5.79. The maximum absolute atomic E-state index is 2.36. The Kier molecular flexibility index (Phi) is 12.7. The molecule has 0 atom stereocenters. The Hall–Kier alpha value is -0.780. The third-order valence-corrected chi connectivity index (χ3v) is 3.75. The van der Waals surface area contributed by atoms with E-state index in [1.807, 2.05) is 0 Å². The van der Waals surface area contributed by atoms with Crippen molar-refractivity contribution in [3.63, 3.8) is 0 Å². The van der Waals surface area contributed by atoms with Gasteiger partial charge in [-0.1, -0.05) is 90.0 Å². The summed E-state index contributed by atoms with van der Waals surface area (Å²) >= 11 is 0. The summed E-state index contributed by atoms with van der Waals surface area (Å²) in [5.41, 5.74) is 4.50. The molecule has 0 nitrogen and oxygen atoms in total. The van der Waals surface area contributed by atoms with E-state index in [1.165, 1.54) is 68.9 Å². The van der Waals surface area contributed by atoms with Crippen molar-refractivity contribution in [2.45, 2.75) is 92.4 Å². The van der Waals surface area contributed by atoms with E-state index in [0.29, 0.717) is 0 Å². The van der Waals surface area contributed by atoms with Crippen LogP contribution in [0.5, 0.6) is 0 Å². The van der Waals surface area contributed by atoms with Crippen molar-refractivity contribution in [3.8, 4) is 0 Å². The average molecular weight is 277 g/mol. The molecule has 1 aromatic rings. The van der Waals surface area contributed by atoms with E-state index >= 15 is 0 Å². The normalized spacial score (nSPS) is 10.1. The van der Waals surface area contributed by atoms with Crippen LogP contribution >= 0.6 is 0 Å². The first-order chi connectivity index (χ1) is 9.69. The molecule has 0 aliphatic carbocycles. The van der Waals surface area contributed by atoms with Gasteiger partial charge in [0.25, 0.3) is 0 Å². The highest BCUT2D eigenvalue weighted by molar-refractivity contribution is 5.31. The van der Waals surface area contributed by atoms with Crippen molar-refractivity contribution in [1.29, 1.82) is 0 Å². The molecule has 0 bridgehead atoms. The van der Waals surface area contributed by atoms with Gasteiger partial charge in [-0.3, -0.25) is 0 Å². The van der Waals surface area contributed by atoms with Crippen LogP contribution in [-0.4, -0.2) is 0 Å². The largest absolute Gasteiger partial charge is 0.0654 e. The number of rotatable bonds is 8. The van der Waals surface area contributed by atoms with Crippen LogP contribution in [-0.2, 0) is 12.8 Å². The Balaban J connectivity index is 0.000000511. The molecule has 0 saturated carbocycles. The molecule has 0 amide bonds. The SMILES string of the molecule is CCCCCC.CCCCCc1cc(C)ccc1CC. The minimum Gasteiger partial charge on any atom is -0.0654 e. The van der Waals surface area contributed by atoms with Crippen molar-refractivity contribution in [3.05, 3.63) is 34.9 Å². The Labute approximate surface area is 128 Å². The molecule has 1 aromatic carbocycles. The predicted octanol–water partition coefficient (Wildman–Crippen LogP) is 6.88. The van der Waals surface area contributed by atoms with Crippen molar-refractivity contribution < 1.29 is 0 Å². The summed E-state index contributed by atoms with van der Waals surface area (Å²) in [6.07, 6.45) is 12.0. The van der Waals surface area contributed by atoms with Crippen LogP contribution in [0.4, 0.5) is 0 Å². The zero-order valence-electron chi connectivity index (χ0n) is 14.6. The van der Waals surface area contributed by atoms with Gasteiger partial charge in [-0.25, -0.2) is 0 Å². The zero-order valence-corrected chi connectivity index (χ0v) is 14.6. The quantitative estimate of drug-likeness (QED) is 0.454. The fraction of sp³-hybridized carbons (Fsp3) is 0.700. The Morgan fingerprint density at radius 3 is 1.75 bits per heavy atom. The van der Waals surface area contributed by atoms with Crippen molar-refractivity contribution in [2.24, 2.45) is 0 Å². The standard InChI is InChI=1S/C14H22.C6H14/c1-4-6-7-8-14-11-12(3)9-10-13(14)5-2;1-3-5-6-4-2/h9-11H,4-8H2,1-3H3;3-6H2,1-2H3. The molecule has 20 heavy (non-hydrogen) atoms. The highest BCUT2D eigenvalue weighted by Crippen LogP contribution is 2.15. The molecule has 0 aliphatic heterocycles. The second kappa shape index (κ2) is 13.2. The van der Waals surface area contributed by atoms with E-state index in [4.69, 9.17) is 0 Å². The molecule has 0 unspecified atom stereocenters. The molecule has 0 radical (unpaired) electrons. The van der Waals surface area contributed by atoms with Gasteiger partial charge in [0.2, 0.25) is 0 Å². The second-order valence-corrected chi connectivity index (χ2v) is 5.79. The predicted molar refractivity (Wildman–Crippen MR) is 93.6 cm³/mol. The topological polar surface area (TPSA) is 0 Å². The summed E-state index contributed by atoms with van der Waals surface area (Å²) in [4.78, 5) is 0. The van der Waals surface area contributed by atoms with E-state index in [-0.39, 0.29) is 0 Å². The van der Waals surface area contributed by atoms with Gasteiger partial charge in [-0.2, -0.15) is 0 Å². The van der Waals surface area contributed by atoms with Crippen LogP contribution in [0.25, 0.3) is 0 Å². The van der Waals surface area contributed by atoms with Crippen molar-refractivity contribution >= 4 is 0 Å². The summed E-state index contributed by atoms with van der Waals surface area (Å²) in [6, 6.07) is 6.87. The van der Waals surface area contributed by atoms with Crippen LogP contribution < -0.4 is 0 Å². The van der Waals surface area contributed by atoms with Gasteiger partial charge < -0.3 is 0 Å². The summed E-state index contributed by atoms with van der Waals surface area (Å²) in [7, 11) is 0. The van der Waals surface area contributed by atoms with Gasteiger partial charge in [0.05, 0.1) is 0 Å². The molecule has 0 heteroatoms. The van der Waals surface area contributed by atoms with Gasteiger partial charge in [0.15, 0.2) is 0 Å². The van der Waals surface area contributed by atoms with E-state index in [1.54, 1.807) is 5.56 Å². The molecule has 0 spiro atoms. The zero-order chi connectivity index (χ0) is 15.2. The molecule has 0 saturated heterocycles. The maximum atomic E-state index is 2.36. The molecule has 0 fully saturated rings. The molecule has 0 heterocycles. The number of aryl methyl sites for hydroxylation is 3. The average Bonchev–Trinajstić information content (AvgIpc) is 2.46. The van der Waals surface area contributed by atoms with Gasteiger partial charge >= 0.3 is 0 Å². The molecule has 0 N–H and O–H groups in total. The first kappa shape index (κ1) is 19.2. The molecule has 0 aromatic heterocycles. The Bertz CT molecular complexity index is 321. The number of hydrogen-bond donors (Lipinski definition) is 0. The lowest BCUT2D eigenvalue weighted by molar-refractivity contribution is 0.702. The van der Waals surface area contributed by atoms with E-state index in [2.05, 4.69) is 52.8 Å². The minimum absolute atomic E-state index is 1.17. The fourth-order valence-electron chi connectivity index (χ4n) is 2.40. The first-order valence-electron chi connectivity index (χ1n) is 8.77. The molecule has 116 valence electrons. The third-order valence-electron chi connectivity index (χ3n) is 3.75. The highest BCUT2D eigenvalue weighted by atomic mass is 14.1. The summed E-state index contributed by atoms with van der Waals surface area (Å²) in [5.74, 6) is 0. The number of hydrogen-bond acceptors (Lipinski definition) is 0. The summed E-state index contributed by atoms with van der Waals surface area (Å²) in [6.45, 7) is 11.2. The van der Waals surface area contributed by atoms with Crippen LogP contribution in [0.15, 0.2) is 18.2 Å². The Morgan fingerprint density at radius 1 is 0.700 bits per heavy atom. The van der Waals surface area contributed by atoms with Gasteiger partial charge in [-0.05, 0) is 37.3 Å². The highest BCUT2D eigenvalue weighted by Gasteiger charge is 2.00. The van der Waals surface area contributed by atoms with Crippen molar-refractivity contribution in [2.75, 3.05) is 0 Å². The number of benzene rings is 1. The fourth-order valence-corrected chi connectivity index (χ4v) is 2.40. The monoisotopic (exact) mass is 276 g/mol. The Morgan fingerprint density at radius 2 is 1.25 bits per heavy atom. The lowest BCUT2D eigenvalue weighted by Crippen LogP contribution is -1.94. The van der Waals surface area contributed by atoms with E-state index < -0.39 is 0 Å². The van der Waals surface area contributed by atoms with Crippen LogP contribution in [0.3, 0.4) is 0 Å². The smallest absolute Gasteiger partial charge is 0.0276 e. The summed E-state index contributed by atoms with van der Waals surface area (Å²) in [5, 5.41) is 0. The molecule has 1 rings (SSSR count). The lowest BCUT2D eigenvalue weighted by Gasteiger charge is -2.08. The van der Waals surface area contributed by atoms with Crippen molar-refractivity contribution in [1.82, 2.24) is 0 Å². The summed E-state index contributed by atoms with van der Waals surface area (Å²) < 4.78 is 0. The van der Waals surface area contributed by atoms with E-state index in [9.17, 15) is 0 Å².